The molecule has 0 aliphatic carbocycles. The molecule has 0 bridgehead atoms. The number of nitrogens with zero attached hydrogens (tertiary/aromatic N) is 7. The molecule has 1 aromatic carbocycles. The molecule has 55 heavy (non-hydrogen) atoms. The zero-order chi connectivity index (χ0) is 39.1. The van der Waals surface area contributed by atoms with E-state index in [1.807, 2.05) is 26.8 Å². The van der Waals surface area contributed by atoms with Gasteiger partial charge in [-0.3, -0.25) is 33.7 Å². The van der Waals surface area contributed by atoms with Crippen molar-refractivity contribution in [1.29, 1.82) is 0 Å². The Morgan fingerprint density at radius 2 is 1.91 bits per heavy atom. The van der Waals surface area contributed by atoms with Gasteiger partial charge in [0.05, 0.1) is 34.7 Å². The maximum atomic E-state index is 15.6. The average molecular weight is 754 g/mol. The van der Waals surface area contributed by atoms with Gasteiger partial charge in [0.1, 0.15) is 17.3 Å². The van der Waals surface area contributed by atoms with E-state index in [2.05, 4.69) is 48.2 Å². The van der Waals surface area contributed by atoms with E-state index < -0.39 is 17.6 Å². The maximum Gasteiger partial charge on any atom is 0.294 e. The van der Waals surface area contributed by atoms with Crippen LogP contribution in [0.2, 0.25) is 0 Å². The van der Waals surface area contributed by atoms with E-state index in [1.165, 1.54) is 17.7 Å². The standard InChI is InChI=1S/C38H44FN11O5/c1-19(2)50-35-22(12-30(37(50)54)55-18-32(52)40-5)11-23(16-41-35)43-34-20(3)15-42-38(46-34)49-10-9-27(21(4)17-49)44-28-14-29-25(13-26(28)39)33(47-48(29)6)24-7-8-31(51)45-36(24)53/h11-16,19,21,24,27,44H,7-10,17-18H2,1-6H3,(H,40,52)(H,42,43,46)(H,45,51,53). The van der Waals surface area contributed by atoms with Crippen LogP contribution in [-0.2, 0) is 21.4 Å². The average Bonchev–Trinajstić information content (AvgIpc) is 3.46. The van der Waals surface area contributed by atoms with Crippen molar-refractivity contribution in [2.24, 2.45) is 13.0 Å². The number of hydrogen-bond acceptors (Lipinski definition) is 12. The van der Waals surface area contributed by atoms with Crippen LogP contribution in [0.5, 0.6) is 5.75 Å². The Morgan fingerprint density at radius 3 is 2.64 bits per heavy atom. The zero-order valence-electron chi connectivity index (χ0n) is 31.6. The van der Waals surface area contributed by atoms with Gasteiger partial charge < -0.3 is 25.6 Å². The molecular weight excluding hydrogens is 709 g/mol. The number of amides is 3. The van der Waals surface area contributed by atoms with Gasteiger partial charge in [0.15, 0.2) is 12.4 Å². The van der Waals surface area contributed by atoms with E-state index in [4.69, 9.17) is 9.72 Å². The van der Waals surface area contributed by atoms with Crippen LogP contribution in [0.15, 0.2) is 41.5 Å². The lowest BCUT2D eigenvalue weighted by atomic mass is 9.92. The molecule has 3 amide bonds. The molecule has 7 rings (SSSR count). The molecule has 5 aromatic rings. The van der Waals surface area contributed by atoms with Crippen molar-refractivity contribution in [3.8, 4) is 5.75 Å². The second kappa shape index (κ2) is 14.9. The minimum Gasteiger partial charge on any atom is -0.478 e. The van der Waals surface area contributed by atoms with Crippen LogP contribution in [0, 0.1) is 18.7 Å². The number of rotatable bonds is 10. The van der Waals surface area contributed by atoms with Crippen LogP contribution in [-0.4, -0.2) is 79.8 Å². The third kappa shape index (κ3) is 7.37. The summed E-state index contributed by atoms with van der Waals surface area (Å²) in [6.07, 6.45) is 4.65. The Kier molecular flexibility index (Phi) is 10.1. The number of nitrogens with one attached hydrogen (secondary N) is 4. The molecule has 6 heterocycles. The van der Waals surface area contributed by atoms with Crippen molar-refractivity contribution in [1.82, 2.24) is 39.9 Å². The number of pyridine rings is 2. The summed E-state index contributed by atoms with van der Waals surface area (Å²) in [5, 5.41) is 17.4. The van der Waals surface area contributed by atoms with Crippen LogP contribution >= 0.6 is 0 Å². The highest BCUT2D eigenvalue weighted by Crippen LogP contribution is 2.34. The Bertz CT molecular complexity index is 2390. The summed E-state index contributed by atoms with van der Waals surface area (Å²) in [5.74, 6) is -0.843. The van der Waals surface area contributed by atoms with E-state index in [1.54, 1.807) is 36.3 Å². The lowest BCUT2D eigenvalue weighted by molar-refractivity contribution is -0.134. The number of ether oxygens (including phenoxy) is 1. The van der Waals surface area contributed by atoms with Gasteiger partial charge in [-0.1, -0.05) is 6.92 Å². The molecule has 3 atom stereocenters. The number of aromatic nitrogens is 6. The number of fused-ring (bicyclic) bond motifs is 2. The molecule has 0 saturated carbocycles. The Balaban J connectivity index is 1.06. The predicted octanol–water partition coefficient (Wildman–Crippen LogP) is 3.82. The van der Waals surface area contributed by atoms with Gasteiger partial charge in [0.25, 0.3) is 11.5 Å². The van der Waals surface area contributed by atoms with E-state index in [0.29, 0.717) is 76.7 Å². The number of anilines is 4. The SMILES string of the molecule is CNC(=O)COc1cc2cc(Nc3nc(N4CCC(Nc5cc6c(cc5F)c(C5CCC(=O)NC5=O)nn6C)C(C)C4)ncc3C)cnc2n(C(C)C)c1=O. The van der Waals surface area contributed by atoms with Gasteiger partial charge in [-0.15, -0.1) is 0 Å². The molecule has 288 valence electrons. The maximum absolute atomic E-state index is 15.6. The van der Waals surface area contributed by atoms with E-state index >= 15 is 4.39 Å². The summed E-state index contributed by atoms with van der Waals surface area (Å²) in [5.41, 5.74) is 3.08. The second-order valence-electron chi connectivity index (χ2n) is 14.5. The van der Waals surface area contributed by atoms with Gasteiger partial charge in [-0.05, 0) is 63.8 Å². The third-order valence-electron chi connectivity index (χ3n) is 10.3. The van der Waals surface area contributed by atoms with Gasteiger partial charge >= 0.3 is 0 Å². The number of aryl methyl sites for hydroxylation is 2. The monoisotopic (exact) mass is 753 g/mol. The predicted molar refractivity (Wildman–Crippen MR) is 205 cm³/mol. The van der Waals surface area contributed by atoms with Crippen LogP contribution < -0.4 is 36.5 Å². The third-order valence-corrected chi connectivity index (χ3v) is 10.3. The van der Waals surface area contributed by atoms with Crippen molar-refractivity contribution >= 4 is 62.8 Å². The van der Waals surface area contributed by atoms with E-state index in [0.717, 1.165) is 5.56 Å². The summed E-state index contributed by atoms with van der Waals surface area (Å²) in [7, 11) is 3.26. The van der Waals surface area contributed by atoms with Crippen molar-refractivity contribution < 1.29 is 23.5 Å². The first kappa shape index (κ1) is 37.2. The van der Waals surface area contributed by atoms with Gasteiger partial charge in [-0.25, -0.2) is 14.4 Å². The lowest BCUT2D eigenvalue weighted by Crippen LogP contribution is -2.46. The summed E-state index contributed by atoms with van der Waals surface area (Å²) in [4.78, 5) is 65.5. The number of carbonyl (C=O) groups is 3. The minimum atomic E-state index is -0.617. The molecule has 3 unspecified atom stereocenters. The van der Waals surface area contributed by atoms with E-state index in [9.17, 15) is 19.2 Å². The van der Waals surface area contributed by atoms with Crippen LogP contribution in [0.3, 0.4) is 0 Å². The number of benzene rings is 1. The number of halogens is 1. The topological polar surface area (TPSA) is 190 Å². The number of carbonyl (C=O) groups excluding carboxylic acids is 3. The lowest BCUT2D eigenvalue weighted by Gasteiger charge is -2.38. The molecule has 17 heteroatoms. The second-order valence-corrected chi connectivity index (χ2v) is 14.5. The minimum absolute atomic E-state index is 0.0359. The van der Waals surface area contributed by atoms with Crippen LogP contribution in [0.1, 0.15) is 63.3 Å². The molecule has 2 aliphatic heterocycles. The number of piperidine rings is 2. The molecule has 4 N–H and O–H groups in total. The van der Waals surface area contributed by atoms with Crippen LogP contribution in [0.4, 0.5) is 27.5 Å². The molecule has 2 saturated heterocycles. The fourth-order valence-electron chi connectivity index (χ4n) is 7.28. The summed E-state index contributed by atoms with van der Waals surface area (Å²) in [6.45, 7) is 8.73. The van der Waals surface area contributed by atoms with Gasteiger partial charge in [-0.2, -0.15) is 10.1 Å². The van der Waals surface area contributed by atoms with Gasteiger partial charge in [0.2, 0.25) is 17.8 Å². The van der Waals surface area contributed by atoms with Crippen molar-refractivity contribution in [3.05, 3.63) is 64.1 Å². The fourth-order valence-corrected chi connectivity index (χ4v) is 7.28. The van der Waals surface area contributed by atoms with Crippen molar-refractivity contribution in [2.75, 3.05) is 42.3 Å². The molecule has 0 spiro atoms. The first-order valence-corrected chi connectivity index (χ1v) is 18.3. The quantitative estimate of drug-likeness (QED) is 0.151. The van der Waals surface area contributed by atoms with E-state index in [-0.39, 0.29) is 54.2 Å². The summed E-state index contributed by atoms with van der Waals surface area (Å²) >= 11 is 0. The first-order valence-electron chi connectivity index (χ1n) is 18.3. The van der Waals surface area contributed by atoms with Crippen molar-refractivity contribution in [2.45, 2.75) is 65.0 Å². The molecule has 0 radical (unpaired) electrons. The Hall–Kier alpha value is -6.13. The number of imide groups is 1. The molecule has 16 nitrogen and oxygen atoms in total. The Morgan fingerprint density at radius 1 is 1.11 bits per heavy atom. The highest BCUT2D eigenvalue weighted by molar-refractivity contribution is 6.02. The molecule has 2 aliphatic rings. The van der Waals surface area contributed by atoms with Crippen molar-refractivity contribution in [3.63, 3.8) is 0 Å². The first-order chi connectivity index (χ1) is 26.3. The summed E-state index contributed by atoms with van der Waals surface area (Å²) in [6, 6.07) is 6.36. The van der Waals surface area contributed by atoms with Crippen LogP contribution in [0.25, 0.3) is 21.9 Å². The fraction of sp³-hybridized carbons (Fsp3) is 0.421. The molecule has 2 fully saturated rings. The highest BCUT2D eigenvalue weighted by Gasteiger charge is 2.33. The molecular formula is C38H44FN11O5. The number of hydrogen-bond donors (Lipinski definition) is 4. The van der Waals surface area contributed by atoms with Gasteiger partial charge in [0, 0.05) is 68.2 Å². The highest BCUT2D eigenvalue weighted by atomic mass is 19.1. The largest absolute Gasteiger partial charge is 0.478 e. The molecule has 4 aromatic heterocycles. The Labute approximate surface area is 315 Å². The number of likely N-dealkylation sites (N-methyl/N-ethyl adjacent to an activating group) is 1. The zero-order valence-corrected chi connectivity index (χ0v) is 31.6. The smallest absolute Gasteiger partial charge is 0.294 e. The normalized spacial score (nSPS) is 18.8. The summed E-state index contributed by atoms with van der Waals surface area (Å²) < 4.78 is 24.4.